The Bertz CT molecular complexity index is 591. The molecule has 0 radical (unpaired) electrons. The van der Waals surface area contributed by atoms with E-state index < -0.39 is 0 Å². The van der Waals surface area contributed by atoms with Crippen molar-refractivity contribution in [2.24, 2.45) is 0 Å². The minimum absolute atomic E-state index is 0.437. The zero-order valence-corrected chi connectivity index (χ0v) is 12.0. The van der Waals surface area contributed by atoms with Gasteiger partial charge in [-0.1, -0.05) is 0 Å². The molecule has 0 amide bonds. The van der Waals surface area contributed by atoms with Crippen molar-refractivity contribution in [2.75, 3.05) is 36.8 Å². The zero-order valence-electron chi connectivity index (χ0n) is 12.0. The van der Waals surface area contributed by atoms with E-state index >= 15 is 0 Å². The first-order valence-corrected chi connectivity index (χ1v) is 7.10. The number of nitrogen functional groups attached to an aromatic ring is 1. The van der Waals surface area contributed by atoms with Crippen molar-refractivity contribution in [2.45, 2.75) is 26.3 Å². The van der Waals surface area contributed by atoms with Crippen molar-refractivity contribution in [3.8, 4) is 0 Å². The minimum atomic E-state index is 0.437. The molecule has 1 aliphatic heterocycles. The van der Waals surface area contributed by atoms with Crippen molar-refractivity contribution in [3.05, 3.63) is 12.4 Å². The van der Waals surface area contributed by atoms with Gasteiger partial charge in [-0.25, -0.2) is 0 Å². The lowest BCUT2D eigenvalue weighted by molar-refractivity contribution is 0.238. The number of fused-ring (bicyclic) bond motifs is 1. The zero-order chi connectivity index (χ0) is 14.1. The highest BCUT2D eigenvalue weighted by atomic mass is 15.3. The Morgan fingerprint density at radius 2 is 2.05 bits per heavy atom. The lowest BCUT2D eigenvalue weighted by atomic mass is 10.3. The third kappa shape index (κ3) is 2.40. The number of hydrogen-bond donors (Lipinski definition) is 1. The topological polar surface area (TPSA) is 75.6 Å². The van der Waals surface area contributed by atoms with E-state index in [1.165, 1.54) is 0 Å². The summed E-state index contributed by atoms with van der Waals surface area (Å²) >= 11 is 0. The van der Waals surface area contributed by atoms with E-state index in [0.717, 1.165) is 44.1 Å². The van der Waals surface area contributed by atoms with Crippen molar-refractivity contribution in [3.63, 3.8) is 0 Å². The van der Waals surface area contributed by atoms with Crippen LogP contribution in [0.1, 0.15) is 20.3 Å². The van der Waals surface area contributed by atoms with Crippen LogP contribution in [0.3, 0.4) is 0 Å². The molecule has 0 saturated carbocycles. The van der Waals surface area contributed by atoms with Gasteiger partial charge in [0, 0.05) is 38.3 Å². The van der Waals surface area contributed by atoms with Crippen LogP contribution in [0, 0.1) is 0 Å². The maximum atomic E-state index is 5.96. The minimum Gasteiger partial charge on any atom is -0.369 e. The fourth-order valence-electron chi connectivity index (χ4n) is 2.68. The molecule has 2 aromatic rings. The second-order valence-corrected chi connectivity index (χ2v) is 5.50. The van der Waals surface area contributed by atoms with Gasteiger partial charge in [-0.15, -0.1) is 10.2 Å². The molecule has 108 valence electrons. The average Bonchev–Trinajstić information content (AvgIpc) is 2.74. The summed E-state index contributed by atoms with van der Waals surface area (Å²) in [7, 11) is 0. The highest BCUT2D eigenvalue weighted by Gasteiger charge is 2.18. The summed E-state index contributed by atoms with van der Waals surface area (Å²) in [5.41, 5.74) is 6.71. The molecule has 2 aromatic heterocycles. The SMILES string of the molecule is CC(C)N1CCCN(c2cc3nncn3c(N)n2)CC1. The van der Waals surface area contributed by atoms with Gasteiger partial charge in [-0.2, -0.15) is 4.98 Å². The van der Waals surface area contributed by atoms with Crippen molar-refractivity contribution < 1.29 is 0 Å². The summed E-state index contributed by atoms with van der Waals surface area (Å²) < 4.78 is 1.70. The second-order valence-electron chi connectivity index (χ2n) is 5.50. The molecule has 3 rings (SSSR count). The van der Waals surface area contributed by atoms with Crippen molar-refractivity contribution in [1.82, 2.24) is 24.5 Å². The van der Waals surface area contributed by atoms with E-state index in [-0.39, 0.29) is 0 Å². The smallest absolute Gasteiger partial charge is 0.209 e. The van der Waals surface area contributed by atoms with E-state index in [1.807, 2.05) is 6.07 Å². The Labute approximate surface area is 118 Å². The third-order valence-electron chi connectivity index (χ3n) is 3.89. The average molecular weight is 275 g/mol. The summed E-state index contributed by atoms with van der Waals surface area (Å²) in [4.78, 5) is 9.26. The molecular weight excluding hydrogens is 254 g/mol. The Kier molecular flexibility index (Phi) is 3.43. The van der Waals surface area contributed by atoms with E-state index in [1.54, 1.807) is 10.7 Å². The molecule has 0 aromatic carbocycles. The Balaban J connectivity index is 1.83. The third-order valence-corrected chi connectivity index (χ3v) is 3.89. The normalized spacial score (nSPS) is 17.9. The van der Waals surface area contributed by atoms with Gasteiger partial charge in [0.15, 0.2) is 5.65 Å². The van der Waals surface area contributed by atoms with Crippen LogP contribution in [-0.4, -0.2) is 56.7 Å². The molecular formula is C13H21N7. The summed E-state index contributed by atoms with van der Waals surface area (Å²) in [5, 5.41) is 7.93. The van der Waals surface area contributed by atoms with Gasteiger partial charge in [-0.3, -0.25) is 9.30 Å². The molecule has 0 bridgehead atoms. The van der Waals surface area contributed by atoms with Gasteiger partial charge in [0.25, 0.3) is 0 Å². The van der Waals surface area contributed by atoms with Crippen LogP contribution in [0.15, 0.2) is 12.4 Å². The van der Waals surface area contributed by atoms with Gasteiger partial charge in [0.2, 0.25) is 5.95 Å². The molecule has 7 heteroatoms. The maximum absolute atomic E-state index is 5.96. The van der Waals surface area contributed by atoms with E-state index in [2.05, 4.69) is 38.8 Å². The summed E-state index contributed by atoms with van der Waals surface area (Å²) in [6.45, 7) is 8.64. The van der Waals surface area contributed by atoms with Crippen LogP contribution < -0.4 is 10.6 Å². The Morgan fingerprint density at radius 3 is 2.85 bits per heavy atom. The summed E-state index contributed by atoms with van der Waals surface area (Å²) in [6, 6.07) is 2.54. The summed E-state index contributed by atoms with van der Waals surface area (Å²) in [6.07, 6.45) is 2.72. The highest BCUT2D eigenvalue weighted by molar-refractivity contribution is 5.55. The number of hydrogen-bond acceptors (Lipinski definition) is 6. The summed E-state index contributed by atoms with van der Waals surface area (Å²) in [5.74, 6) is 1.33. The van der Waals surface area contributed by atoms with Gasteiger partial charge < -0.3 is 10.6 Å². The molecule has 1 fully saturated rings. The van der Waals surface area contributed by atoms with Gasteiger partial charge in [0.1, 0.15) is 12.1 Å². The molecule has 7 nitrogen and oxygen atoms in total. The lowest BCUT2D eigenvalue weighted by Crippen LogP contribution is -2.35. The molecule has 0 atom stereocenters. The van der Waals surface area contributed by atoms with Crippen LogP contribution in [0.4, 0.5) is 11.8 Å². The van der Waals surface area contributed by atoms with Gasteiger partial charge in [0.05, 0.1) is 0 Å². The van der Waals surface area contributed by atoms with Crippen LogP contribution in [0.25, 0.3) is 5.65 Å². The van der Waals surface area contributed by atoms with Crippen molar-refractivity contribution in [1.29, 1.82) is 0 Å². The lowest BCUT2D eigenvalue weighted by Gasteiger charge is -2.25. The number of anilines is 2. The van der Waals surface area contributed by atoms with Gasteiger partial charge in [-0.05, 0) is 20.3 Å². The molecule has 2 N–H and O–H groups in total. The first-order chi connectivity index (χ1) is 9.65. The molecule has 0 unspecified atom stereocenters. The quantitative estimate of drug-likeness (QED) is 0.866. The second kappa shape index (κ2) is 5.24. The molecule has 0 aliphatic carbocycles. The number of rotatable bonds is 2. The standard InChI is InChI=1S/C13H21N7/c1-10(2)18-4-3-5-19(7-6-18)11-8-12-17-15-9-20(12)13(14)16-11/h8-10H,3-7H2,1-2H3,(H2,14,16). The number of aromatic nitrogens is 4. The first-order valence-electron chi connectivity index (χ1n) is 7.10. The van der Waals surface area contributed by atoms with Crippen LogP contribution in [-0.2, 0) is 0 Å². The maximum Gasteiger partial charge on any atom is 0.209 e. The monoisotopic (exact) mass is 275 g/mol. The predicted octanol–water partition coefficient (Wildman–Crippen LogP) is 0.627. The fraction of sp³-hybridized carbons (Fsp3) is 0.615. The Hall–Kier alpha value is -1.89. The highest BCUT2D eigenvalue weighted by Crippen LogP contribution is 2.18. The predicted molar refractivity (Wildman–Crippen MR) is 78.7 cm³/mol. The first kappa shape index (κ1) is 13.1. The largest absolute Gasteiger partial charge is 0.369 e. The van der Waals surface area contributed by atoms with Crippen molar-refractivity contribution >= 4 is 17.4 Å². The van der Waals surface area contributed by atoms with E-state index in [4.69, 9.17) is 5.73 Å². The fourth-order valence-corrected chi connectivity index (χ4v) is 2.68. The molecule has 20 heavy (non-hydrogen) atoms. The van der Waals surface area contributed by atoms with E-state index in [9.17, 15) is 0 Å². The van der Waals surface area contributed by atoms with Crippen LogP contribution >= 0.6 is 0 Å². The van der Waals surface area contributed by atoms with Crippen LogP contribution in [0.2, 0.25) is 0 Å². The molecule has 1 saturated heterocycles. The molecule has 3 heterocycles. The number of nitrogens with zero attached hydrogens (tertiary/aromatic N) is 6. The number of nitrogens with two attached hydrogens (primary N) is 1. The molecule has 1 aliphatic rings. The van der Waals surface area contributed by atoms with E-state index in [0.29, 0.717) is 12.0 Å². The molecule has 0 spiro atoms. The Morgan fingerprint density at radius 1 is 1.20 bits per heavy atom. The van der Waals surface area contributed by atoms with Crippen LogP contribution in [0.5, 0.6) is 0 Å². The van der Waals surface area contributed by atoms with Gasteiger partial charge >= 0.3 is 0 Å².